The lowest BCUT2D eigenvalue weighted by Gasteiger charge is -2.36. The molecule has 276 valence electrons. The fraction of sp³-hybridized carbons (Fsp3) is 0.0566. The van der Waals surface area contributed by atoms with Crippen molar-refractivity contribution >= 4 is 44.9 Å². The average Bonchev–Trinajstić information content (AvgIpc) is 3.85. The number of para-hydroxylation sites is 2. The summed E-state index contributed by atoms with van der Waals surface area (Å²) in [6.45, 7) is 0.499. The van der Waals surface area contributed by atoms with E-state index in [9.17, 15) is 0 Å². The summed E-state index contributed by atoms with van der Waals surface area (Å²) in [6.07, 6.45) is 0.963. The fourth-order valence-corrected chi connectivity index (χ4v) is 9.09. The first-order valence-electron chi connectivity index (χ1n) is 19.9. The van der Waals surface area contributed by atoms with Gasteiger partial charge in [0, 0.05) is 38.8 Å². The number of aliphatic imine (C=N–C) groups is 2. The molecule has 2 N–H and O–H groups in total. The summed E-state index contributed by atoms with van der Waals surface area (Å²) in [5, 5.41) is 2.52. The third-order valence-electron chi connectivity index (χ3n) is 11.8. The van der Waals surface area contributed by atoms with Crippen molar-refractivity contribution in [3.05, 3.63) is 222 Å². The van der Waals surface area contributed by atoms with Gasteiger partial charge in [0.05, 0.1) is 29.3 Å². The number of anilines is 2. The Hall–Kier alpha value is -7.50. The maximum absolute atomic E-state index is 6.57. The van der Waals surface area contributed by atoms with E-state index in [1.807, 2.05) is 48.5 Å². The summed E-state index contributed by atoms with van der Waals surface area (Å²) >= 11 is 0. The number of hydrogen-bond donors (Lipinski definition) is 1. The topological polar surface area (TPSA) is 58.9 Å². The SMILES string of the molecule is NC(=NC(=NCc1ccccc1)c1cccc(-c2ccc(-n3c4ccccc4c4ccc5c(c43)N3c4ccccc4-c4ccccc4C3C5)cc2)c1)c1ccccc1. The lowest BCUT2D eigenvalue weighted by atomic mass is 9.88. The fourth-order valence-electron chi connectivity index (χ4n) is 9.09. The molecule has 8 aromatic carbocycles. The molecular formula is C53H39N5. The Morgan fingerprint density at radius 2 is 1.29 bits per heavy atom. The quantitative estimate of drug-likeness (QED) is 0.136. The first-order chi connectivity index (χ1) is 28.7. The van der Waals surface area contributed by atoms with E-state index in [0.29, 0.717) is 18.2 Å². The minimum absolute atomic E-state index is 0.237. The number of benzene rings is 8. The second-order valence-electron chi connectivity index (χ2n) is 15.1. The molecule has 0 amide bonds. The van der Waals surface area contributed by atoms with Gasteiger partial charge in [0.25, 0.3) is 0 Å². The highest BCUT2D eigenvalue weighted by molar-refractivity contribution is 6.15. The van der Waals surface area contributed by atoms with Gasteiger partial charge in [-0.3, -0.25) is 4.99 Å². The predicted molar refractivity (Wildman–Crippen MR) is 241 cm³/mol. The van der Waals surface area contributed by atoms with E-state index < -0.39 is 0 Å². The van der Waals surface area contributed by atoms with E-state index in [-0.39, 0.29) is 6.04 Å². The molecule has 9 aromatic rings. The zero-order chi connectivity index (χ0) is 38.6. The average molecular weight is 746 g/mol. The lowest BCUT2D eigenvalue weighted by Crippen LogP contribution is -2.24. The van der Waals surface area contributed by atoms with E-state index in [1.54, 1.807) is 0 Å². The summed E-state index contributed by atoms with van der Waals surface area (Å²) < 4.78 is 2.48. The van der Waals surface area contributed by atoms with Crippen LogP contribution in [0.25, 0.3) is 49.7 Å². The monoisotopic (exact) mass is 745 g/mol. The van der Waals surface area contributed by atoms with E-state index >= 15 is 0 Å². The van der Waals surface area contributed by atoms with Gasteiger partial charge in [-0.1, -0.05) is 164 Å². The molecule has 0 aliphatic carbocycles. The summed E-state index contributed by atoms with van der Waals surface area (Å²) in [5.41, 5.74) is 23.2. The minimum atomic E-state index is 0.237. The van der Waals surface area contributed by atoms with Crippen LogP contribution in [0.5, 0.6) is 0 Å². The first-order valence-corrected chi connectivity index (χ1v) is 19.9. The minimum Gasteiger partial charge on any atom is -0.383 e. The zero-order valence-electron chi connectivity index (χ0n) is 31.8. The second kappa shape index (κ2) is 13.9. The van der Waals surface area contributed by atoms with Crippen LogP contribution in [0.2, 0.25) is 0 Å². The Balaban J connectivity index is 1.01. The van der Waals surface area contributed by atoms with Crippen molar-refractivity contribution in [2.24, 2.45) is 15.7 Å². The molecule has 5 heteroatoms. The van der Waals surface area contributed by atoms with Crippen LogP contribution < -0.4 is 10.6 Å². The highest BCUT2D eigenvalue weighted by atomic mass is 15.2. The molecule has 0 radical (unpaired) electrons. The zero-order valence-corrected chi connectivity index (χ0v) is 31.8. The van der Waals surface area contributed by atoms with Gasteiger partial charge < -0.3 is 15.2 Å². The molecule has 2 aliphatic rings. The van der Waals surface area contributed by atoms with Crippen LogP contribution in [0.15, 0.2) is 204 Å². The van der Waals surface area contributed by atoms with Gasteiger partial charge in [0.1, 0.15) is 5.84 Å². The molecule has 0 fully saturated rings. The largest absolute Gasteiger partial charge is 0.383 e. The highest BCUT2D eigenvalue weighted by Gasteiger charge is 2.39. The number of aromatic nitrogens is 1. The number of hydrogen-bond acceptors (Lipinski definition) is 2. The van der Waals surface area contributed by atoms with E-state index in [2.05, 4.69) is 155 Å². The summed E-state index contributed by atoms with van der Waals surface area (Å²) in [6, 6.07) is 69.1. The Morgan fingerprint density at radius 1 is 0.586 bits per heavy atom. The molecule has 0 bridgehead atoms. The molecule has 58 heavy (non-hydrogen) atoms. The number of nitrogens with zero attached hydrogens (tertiary/aromatic N) is 4. The molecule has 0 saturated heterocycles. The number of rotatable bonds is 6. The standard InChI is InChI=1S/C53H39N5/c54-52(37-16-5-2-6-17-37)56-53(55-34-35-14-3-1-4-15-35)40-19-13-18-38(32-40)36-26-29-41(30-27-36)57-47-24-11-10-23-45(47)46-31-28-39-33-49-44-22-8-7-20-42(44)43-21-9-12-25-48(43)58(49)50(39)51(46)57/h1-32,49H,33-34H2,(H2,54,55,56). The molecular weight excluding hydrogens is 707 g/mol. The van der Waals surface area contributed by atoms with Crippen LogP contribution in [0.4, 0.5) is 11.4 Å². The second-order valence-corrected chi connectivity index (χ2v) is 15.1. The Morgan fingerprint density at radius 3 is 2.14 bits per heavy atom. The number of fused-ring (bicyclic) bond motifs is 12. The van der Waals surface area contributed by atoms with Crippen LogP contribution in [-0.2, 0) is 13.0 Å². The predicted octanol–water partition coefficient (Wildman–Crippen LogP) is 12.2. The van der Waals surface area contributed by atoms with Crippen LogP contribution in [-0.4, -0.2) is 16.2 Å². The van der Waals surface area contributed by atoms with Crippen LogP contribution in [0.1, 0.15) is 33.9 Å². The van der Waals surface area contributed by atoms with Crippen molar-refractivity contribution in [1.29, 1.82) is 0 Å². The lowest BCUT2D eigenvalue weighted by molar-refractivity contribution is 0.737. The van der Waals surface area contributed by atoms with Crippen molar-refractivity contribution in [3.8, 4) is 27.9 Å². The number of nitrogens with two attached hydrogens (primary N) is 1. The summed E-state index contributed by atoms with van der Waals surface area (Å²) in [4.78, 5) is 12.5. The van der Waals surface area contributed by atoms with Crippen molar-refractivity contribution in [2.75, 3.05) is 4.90 Å². The molecule has 1 unspecified atom stereocenters. The van der Waals surface area contributed by atoms with E-state index in [1.165, 1.54) is 55.4 Å². The molecule has 0 saturated carbocycles. The normalized spacial score (nSPS) is 14.6. The van der Waals surface area contributed by atoms with Gasteiger partial charge in [-0.15, -0.1) is 0 Å². The molecule has 0 spiro atoms. The van der Waals surface area contributed by atoms with Gasteiger partial charge >= 0.3 is 0 Å². The van der Waals surface area contributed by atoms with Crippen molar-refractivity contribution < 1.29 is 0 Å². The van der Waals surface area contributed by atoms with E-state index in [4.69, 9.17) is 15.7 Å². The smallest absolute Gasteiger partial charge is 0.157 e. The summed E-state index contributed by atoms with van der Waals surface area (Å²) in [5.74, 6) is 1.03. The number of amidine groups is 2. The van der Waals surface area contributed by atoms with Gasteiger partial charge in [0.15, 0.2) is 5.84 Å². The van der Waals surface area contributed by atoms with Crippen LogP contribution >= 0.6 is 0 Å². The first kappa shape index (κ1) is 33.8. The Kier molecular flexibility index (Phi) is 8.11. The third kappa shape index (κ3) is 5.62. The third-order valence-corrected chi connectivity index (χ3v) is 11.8. The molecule has 1 atom stereocenters. The van der Waals surface area contributed by atoms with Crippen LogP contribution in [0.3, 0.4) is 0 Å². The summed E-state index contributed by atoms with van der Waals surface area (Å²) in [7, 11) is 0. The van der Waals surface area contributed by atoms with Gasteiger partial charge in [-0.2, -0.15) is 0 Å². The molecule has 3 heterocycles. The van der Waals surface area contributed by atoms with Crippen molar-refractivity contribution in [3.63, 3.8) is 0 Å². The van der Waals surface area contributed by atoms with Crippen molar-refractivity contribution in [2.45, 2.75) is 19.0 Å². The van der Waals surface area contributed by atoms with Crippen LogP contribution in [0, 0.1) is 0 Å². The maximum Gasteiger partial charge on any atom is 0.157 e. The molecule has 1 aromatic heterocycles. The van der Waals surface area contributed by atoms with Gasteiger partial charge in [0.2, 0.25) is 0 Å². The van der Waals surface area contributed by atoms with Gasteiger partial charge in [-0.25, -0.2) is 4.99 Å². The van der Waals surface area contributed by atoms with Gasteiger partial charge in [-0.05, 0) is 70.1 Å². The Labute approximate surface area is 337 Å². The molecule has 2 aliphatic heterocycles. The highest BCUT2D eigenvalue weighted by Crippen LogP contribution is 2.56. The molecule has 11 rings (SSSR count). The van der Waals surface area contributed by atoms with E-state index in [0.717, 1.165) is 39.9 Å². The van der Waals surface area contributed by atoms with Crippen molar-refractivity contribution in [1.82, 2.24) is 4.57 Å². The maximum atomic E-state index is 6.57. The Bertz CT molecular complexity index is 3070. The molecule has 5 nitrogen and oxygen atoms in total.